The molecule has 1 saturated carbocycles. The lowest BCUT2D eigenvalue weighted by atomic mass is 9.98. The number of carboxylic acids is 1. The Morgan fingerprint density at radius 3 is 2.36 bits per heavy atom. The molecule has 1 aliphatic rings. The Bertz CT molecular complexity index is 725. The van der Waals surface area contributed by atoms with Crippen molar-refractivity contribution in [1.82, 2.24) is 5.32 Å². The number of aromatic carboxylic acids is 1. The Hall–Kier alpha value is -2.62. The van der Waals surface area contributed by atoms with E-state index >= 15 is 0 Å². The molecule has 4 heteroatoms. The molecule has 3 rings (SSSR count). The SMILES string of the molecule is O=C(Cc1ccc(C(=O)O)cc1)NC1CCC(Cc2ccccc2)C1. The fourth-order valence-corrected chi connectivity index (χ4v) is 3.57. The summed E-state index contributed by atoms with van der Waals surface area (Å²) < 4.78 is 0. The van der Waals surface area contributed by atoms with Crippen molar-refractivity contribution in [3.05, 3.63) is 71.3 Å². The topological polar surface area (TPSA) is 66.4 Å². The van der Waals surface area contributed by atoms with Gasteiger partial charge in [-0.15, -0.1) is 0 Å². The van der Waals surface area contributed by atoms with Crippen LogP contribution < -0.4 is 5.32 Å². The fraction of sp³-hybridized carbons (Fsp3) is 0.333. The van der Waals surface area contributed by atoms with Gasteiger partial charge >= 0.3 is 5.97 Å². The average Bonchev–Trinajstić information content (AvgIpc) is 3.03. The minimum absolute atomic E-state index is 0.00781. The molecular formula is C21H23NO3. The smallest absolute Gasteiger partial charge is 0.335 e. The summed E-state index contributed by atoms with van der Waals surface area (Å²) in [5.41, 5.74) is 2.43. The van der Waals surface area contributed by atoms with Gasteiger partial charge in [-0.25, -0.2) is 4.79 Å². The quantitative estimate of drug-likeness (QED) is 0.848. The zero-order chi connectivity index (χ0) is 17.6. The molecule has 25 heavy (non-hydrogen) atoms. The average molecular weight is 337 g/mol. The minimum Gasteiger partial charge on any atom is -0.478 e. The second-order valence-corrected chi connectivity index (χ2v) is 6.81. The third kappa shape index (κ3) is 4.92. The van der Waals surface area contributed by atoms with Crippen LogP contribution in [-0.2, 0) is 17.6 Å². The van der Waals surface area contributed by atoms with Crippen LogP contribution in [0.1, 0.15) is 40.7 Å². The third-order valence-electron chi connectivity index (χ3n) is 4.84. The van der Waals surface area contributed by atoms with Gasteiger partial charge in [-0.05, 0) is 54.9 Å². The van der Waals surface area contributed by atoms with Gasteiger partial charge in [0.2, 0.25) is 5.91 Å². The summed E-state index contributed by atoms with van der Waals surface area (Å²) in [6.45, 7) is 0. The first-order valence-corrected chi connectivity index (χ1v) is 8.75. The van der Waals surface area contributed by atoms with E-state index < -0.39 is 5.97 Å². The number of carbonyl (C=O) groups is 2. The lowest BCUT2D eigenvalue weighted by Gasteiger charge is -2.14. The van der Waals surface area contributed by atoms with E-state index in [1.807, 2.05) is 6.07 Å². The first-order valence-electron chi connectivity index (χ1n) is 8.75. The Balaban J connectivity index is 1.46. The molecule has 1 aliphatic carbocycles. The van der Waals surface area contributed by atoms with Crippen LogP contribution in [0.3, 0.4) is 0 Å². The summed E-state index contributed by atoms with van der Waals surface area (Å²) in [6.07, 6.45) is 4.57. The summed E-state index contributed by atoms with van der Waals surface area (Å²) >= 11 is 0. The fourth-order valence-electron chi connectivity index (χ4n) is 3.57. The van der Waals surface area contributed by atoms with Crippen LogP contribution in [-0.4, -0.2) is 23.0 Å². The monoisotopic (exact) mass is 337 g/mol. The van der Waals surface area contributed by atoms with Crippen LogP contribution in [0.15, 0.2) is 54.6 Å². The van der Waals surface area contributed by atoms with Crippen LogP contribution >= 0.6 is 0 Å². The van der Waals surface area contributed by atoms with Gasteiger partial charge in [-0.3, -0.25) is 4.79 Å². The maximum Gasteiger partial charge on any atom is 0.335 e. The number of hydrogen-bond acceptors (Lipinski definition) is 2. The van der Waals surface area contributed by atoms with Crippen LogP contribution in [0.4, 0.5) is 0 Å². The predicted molar refractivity (Wildman–Crippen MR) is 96.5 cm³/mol. The van der Waals surface area contributed by atoms with E-state index in [1.165, 1.54) is 17.7 Å². The largest absolute Gasteiger partial charge is 0.478 e. The first kappa shape index (κ1) is 17.2. The van der Waals surface area contributed by atoms with Gasteiger partial charge < -0.3 is 10.4 Å². The second kappa shape index (κ2) is 7.97. The maximum absolute atomic E-state index is 12.2. The second-order valence-electron chi connectivity index (χ2n) is 6.81. The highest BCUT2D eigenvalue weighted by Crippen LogP contribution is 2.28. The molecule has 2 aromatic rings. The molecule has 0 aliphatic heterocycles. The van der Waals surface area contributed by atoms with E-state index in [2.05, 4.69) is 29.6 Å². The number of amides is 1. The molecule has 0 bridgehead atoms. The maximum atomic E-state index is 12.2. The number of carbonyl (C=O) groups excluding carboxylic acids is 1. The molecule has 2 unspecified atom stereocenters. The molecule has 1 amide bonds. The third-order valence-corrected chi connectivity index (χ3v) is 4.84. The van der Waals surface area contributed by atoms with Gasteiger partial charge in [-0.1, -0.05) is 42.5 Å². The summed E-state index contributed by atoms with van der Waals surface area (Å²) in [5, 5.41) is 12.0. The Labute approximate surface area is 147 Å². The zero-order valence-corrected chi connectivity index (χ0v) is 14.2. The molecule has 4 nitrogen and oxygen atoms in total. The molecule has 0 aromatic heterocycles. The Morgan fingerprint density at radius 2 is 1.68 bits per heavy atom. The first-order chi connectivity index (χ1) is 12.1. The highest BCUT2D eigenvalue weighted by atomic mass is 16.4. The normalized spacial score (nSPS) is 19.5. The highest BCUT2D eigenvalue weighted by molar-refractivity contribution is 5.87. The molecule has 2 atom stereocenters. The summed E-state index contributed by atoms with van der Waals surface area (Å²) in [6, 6.07) is 17.2. The molecule has 2 N–H and O–H groups in total. The van der Waals surface area contributed by atoms with Crippen molar-refractivity contribution in [2.45, 2.75) is 38.1 Å². The molecule has 2 aromatic carbocycles. The lowest BCUT2D eigenvalue weighted by Crippen LogP contribution is -2.34. The highest BCUT2D eigenvalue weighted by Gasteiger charge is 2.25. The van der Waals surface area contributed by atoms with Gasteiger partial charge in [0.15, 0.2) is 0 Å². The van der Waals surface area contributed by atoms with Crippen molar-refractivity contribution in [3.8, 4) is 0 Å². The molecule has 130 valence electrons. The van der Waals surface area contributed by atoms with Crippen molar-refractivity contribution >= 4 is 11.9 Å². The number of benzene rings is 2. The Morgan fingerprint density at radius 1 is 0.960 bits per heavy atom. The van der Waals surface area contributed by atoms with Crippen molar-refractivity contribution in [1.29, 1.82) is 0 Å². The molecule has 1 fully saturated rings. The number of nitrogens with one attached hydrogen (secondary N) is 1. The van der Waals surface area contributed by atoms with E-state index in [0.717, 1.165) is 31.2 Å². The van der Waals surface area contributed by atoms with Gasteiger partial charge in [0, 0.05) is 6.04 Å². The van der Waals surface area contributed by atoms with E-state index in [9.17, 15) is 9.59 Å². The molecule has 0 saturated heterocycles. The van der Waals surface area contributed by atoms with E-state index in [0.29, 0.717) is 12.3 Å². The van der Waals surface area contributed by atoms with E-state index in [-0.39, 0.29) is 17.5 Å². The molecular weight excluding hydrogens is 314 g/mol. The van der Waals surface area contributed by atoms with Crippen LogP contribution in [0.5, 0.6) is 0 Å². The van der Waals surface area contributed by atoms with Crippen LogP contribution in [0.2, 0.25) is 0 Å². The van der Waals surface area contributed by atoms with Gasteiger partial charge in [0.1, 0.15) is 0 Å². The molecule has 0 heterocycles. The summed E-state index contributed by atoms with van der Waals surface area (Å²) in [4.78, 5) is 23.1. The standard InChI is InChI=1S/C21H23NO3/c23-20(14-16-6-9-18(10-7-16)21(24)25)22-19-11-8-17(13-19)12-15-4-2-1-3-5-15/h1-7,9-10,17,19H,8,11-14H2,(H,22,23)(H,24,25). The van der Waals surface area contributed by atoms with Crippen molar-refractivity contribution in [2.75, 3.05) is 0 Å². The molecule has 0 spiro atoms. The van der Waals surface area contributed by atoms with Crippen LogP contribution in [0, 0.1) is 5.92 Å². The van der Waals surface area contributed by atoms with Gasteiger partial charge in [0.25, 0.3) is 0 Å². The Kier molecular flexibility index (Phi) is 5.49. The predicted octanol–water partition coefficient (Wildman–Crippen LogP) is 3.45. The van der Waals surface area contributed by atoms with Crippen molar-refractivity contribution < 1.29 is 14.7 Å². The number of rotatable bonds is 6. The van der Waals surface area contributed by atoms with E-state index in [1.54, 1.807) is 12.1 Å². The van der Waals surface area contributed by atoms with Gasteiger partial charge in [0.05, 0.1) is 12.0 Å². The molecule has 0 radical (unpaired) electrons. The zero-order valence-electron chi connectivity index (χ0n) is 14.2. The van der Waals surface area contributed by atoms with E-state index in [4.69, 9.17) is 5.11 Å². The number of hydrogen-bond donors (Lipinski definition) is 2. The summed E-state index contributed by atoms with van der Waals surface area (Å²) in [7, 11) is 0. The lowest BCUT2D eigenvalue weighted by molar-refractivity contribution is -0.121. The van der Waals surface area contributed by atoms with Crippen LogP contribution in [0.25, 0.3) is 0 Å². The summed E-state index contributed by atoms with van der Waals surface area (Å²) in [5.74, 6) is -0.317. The number of carboxylic acid groups (broad SMARTS) is 1. The van der Waals surface area contributed by atoms with Crippen molar-refractivity contribution in [3.63, 3.8) is 0 Å². The van der Waals surface area contributed by atoms with Crippen molar-refractivity contribution in [2.24, 2.45) is 5.92 Å². The van der Waals surface area contributed by atoms with Gasteiger partial charge in [-0.2, -0.15) is 0 Å². The minimum atomic E-state index is -0.952.